The number of hydrogen-bond acceptors (Lipinski definition) is 6. The van der Waals surface area contributed by atoms with Crippen LogP contribution < -0.4 is 19.5 Å². The van der Waals surface area contributed by atoms with E-state index in [2.05, 4.69) is 5.32 Å². The van der Waals surface area contributed by atoms with Crippen molar-refractivity contribution < 1.29 is 33.2 Å². The summed E-state index contributed by atoms with van der Waals surface area (Å²) in [5.41, 5.74) is 0.949. The van der Waals surface area contributed by atoms with E-state index in [1.54, 1.807) is 6.07 Å². The van der Waals surface area contributed by atoms with E-state index in [1.807, 2.05) is 60.7 Å². The van der Waals surface area contributed by atoms with Gasteiger partial charge in [-0.15, -0.1) is 0 Å². The number of para-hydroxylation sites is 1. The summed E-state index contributed by atoms with van der Waals surface area (Å²) >= 11 is 0. The SMILES string of the molecule is O=[P+](O)C1(COc2ccccc2)CCC(CCNC[C@H](O)COc2ccc(OCc3ccccc3)c(F)c2)CC1. The van der Waals surface area contributed by atoms with Gasteiger partial charge in [0.25, 0.3) is 0 Å². The number of benzene rings is 3. The van der Waals surface area contributed by atoms with Gasteiger partial charge in [0.1, 0.15) is 37.4 Å². The molecule has 0 saturated heterocycles. The van der Waals surface area contributed by atoms with Crippen LogP contribution in [0.3, 0.4) is 0 Å². The Labute approximate surface area is 236 Å². The Morgan fingerprint density at radius 3 is 2.33 bits per heavy atom. The number of aliphatic hydroxyl groups excluding tert-OH is 1. The summed E-state index contributed by atoms with van der Waals surface area (Å²) in [5.74, 6) is 1.12. The standard InChI is InChI=1S/C31H37FNO6P/c32-29-19-28(11-12-30(29)38-21-25-7-3-1-4-8-25)37-22-26(34)20-33-18-15-24-13-16-31(17-14-24,40(35)36)23-39-27-9-5-2-6-10-27/h1-12,19,24,26,33-34H,13-18,20-23H2/p+1/t24?,26-,31?/m0/s1. The molecule has 1 aliphatic rings. The van der Waals surface area contributed by atoms with Gasteiger partial charge in [-0.25, -0.2) is 4.39 Å². The van der Waals surface area contributed by atoms with E-state index in [-0.39, 0.29) is 25.6 Å². The Bertz CT molecular complexity index is 1190. The molecule has 3 N–H and O–H groups in total. The van der Waals surface area contributed by atoms with Gasteiger partial charge in [-0.3, -0.25) is 0 Å². The summed E-state index contributed by atoms with van der Waals surface area (Å²) in [4.78, 5) is 10.0. The number of ether oxygens (including phenoxy) is 3. The minimum atomic E-state index is -2.35. The minimum absolute atomic E-state index is 0.0353. The van der Waals surface area contributed by atoms with Crippen molar-refractivity contribution in [3.63, 3.8) is 0 Å². The Hall–Kier alpha value is -3.03. The first-order valence-corrected chi connectivity index (χ1v) is 15.0. The monoisotopic (exact) mass is 570 g/mol. The van der Waals surface area contributed by atoms with E-state index in [0.29, 0.717) is 36.8 Å². The average molecular weight is 571 g/mol. The number of halogens is 1. The Morgan fingerprint density at radius 2 is 1.65 bits per heavy atom. The lowest BCUT2D eigenvalue weighted by atomic mass is 9.80. The number of nitrogens with one attached hydrogen (secondary N) is 1. The molecule has 1 fully saturated rings. The molecular weight excluding hydrogens is 532 g/mol. The predicted molar refractivity (Wildman–Crippen MR) is 153 cm³/mol. The zero-order chi connectivity index (χ0) is 28.2. The molecule has 2 atom stereocenters. The highest BCUT2D eigenvalue weighted by molar-refractivity contribution is 7.40. The highest BCUT2D eigenvalue weighted by Gasteiger charge is 2.52. The van der Waals surface area contributed by atoms with Gasteiger partial charge in [0.05, 0.1) is 0 Å². The molecular formula is C31H38FNO6P+. The van der Waals surface area contributed by atoms with Crippen LogP contribution in [0.5, 0.6) is 17.2 Å². The fourth-order valence-corrected chi connectivity index (χ4v) is 5.69. The largest absolute Gasteiger partial charge is 0.515 e. The Morgan fingerprint density at radius 1 is 0.950 bits per heavy atom. The average Bonchev–Trinajstić information content (AvgIpc) is 2.98. The van der Waals surface area contributed by atoms with Crippen LogP contribution in [0.1, 0.15) is 37.7 Å². The smallest absolute Gasteiger partial charge is 0.491 e. The second-order valence-electron chi connectivity index (χ2n) is 10.4. The maximum absolute atomic E-state index is 14.4. The van der Waals surface area contributed by atoms with Crippen molar-refractivity contribution >= 4 is 8.03 Å². The van der Waals surface area contributed by atoms with Crippen LogP contribution in [0, 0.1) is 11.7 Å². The second kappa shape index (κ2) is 15.1. The Balaban J connectivity index is 1.11. The maximum atomic E-state index is 14.4. The molecule has 0 radical (unpaired) electrons. The molecule has 0 amide bonds. The molecule has 1 saturated carbocycles. The molecule has 9 heteroatoms. The van der Waals surface area contributed by atoms with Crippen molar-refractivity contribution in [2.75, 3.05) is 26.3 Å². The number of rotatable bonds is 15. The lowest BCUT2D eigenvalue weighted by Gasteiger charge is -2.31. The van der Waals surface area contributed by atoms with E-state index in [1.165, 1.54) is 12.1 Å². The molecule has 40 heavy (non-hydrogen) atoms. The highest BCUT2D eigenvalue weighted by Crippen LogP contribution is 2.48. The summed E-state index contributed by atoms with van der Waals surface area (Å²) in [5, 5.41) is 12.8. The molecule has 4 rings (SSSR count). The lowest BCUT2D eigenvalue weighted by Crippen LogP contribution is -2.38. The van der Waals surface area contributed by atoms with Gasteiger partial charge in [0.2, 0.25) is 5.16 Å². The Kier molecular flexibility index (Phi) is 11.3. The number of hydrogen-bond donors (Lipinski definition) is 3. The lowest BCUT2D eigenvalue weighted by molar-refractivity contribution is 0.105. The topological polar surface area (TPSA) is 97.3 Å². The fraction of sp³-hybridized carbons (Fsp3) is 0.419. The van der Waals surface area contributed by atoms with Gasteiger partial charge in [-0.05, 0) is 66.1 Å². The van der Waals surface area contributed by atoms with E-state index >= 15 is 0 Å². The third kappa shape index (κ3) is 9.00. The van der Waals surface area contributed by atoms with Crippen LogP contribution >= 0.6 is 8.03 Å². The predicted octanol–water partition coefficient (Wildman–Crippen LogP) is 5.87. The first-order valence-electron chi connectivity index (χ1n) is 13.8. The maximum Gasteiger partial charge on any atom is 0.515 e. The molecule has 0 aliphatic heterocycles. The third-order valence-electron chi connectivity index (χ3n) is 7.38. The van der Waals surface area contributed by atoms with Crippen LogP contribution in [-0.2, 0) is 11.2 Å². The van der Waals surface area contributed by atoms with Gasteiger partial charge < -0.3 is 24.6 Å². The molecule has 0 aromatic heterocycles. The molecule has 0 spiro atoms. The van der Waals surface area contributed by atoms with Crippen LogP contribution in [0.4, 0.5) is 4.39 Å². The van der Waals surface area contributed by atoms with Crippen molar-refractivity contribution in [1.82, 2.24) is 5.32 Å². The summed E-state index contributed by atoms with van der Waals surface area (Å²) in [7, 11) is -2.35. The summed E-state index contributed by atoms with van der Waals surface area (Å²) in [6.45, 7) is 1.63. The van der Waals surface area contributed by atoms with Gasteiger partial charge in [0, 0.05) is 25.5 Å². The van der Waals surface area contributed by atoms with E-state index < -0.39 is 25.1 Å². The van der Waals surface area contributed by atoms with Crippen LogP contribution in [0.25, 0.3) is 0 Å². The summed E-state index contributed by atoms with van der Waals surface area (Å²) in [6.07, 6.45) is 3.21. The van der Waals surface area contributed by atoms with Crippen molar-refractivity contribution in [2.45, 2.75) is 50.0 Å². The summed E-state index contributed by atoms with van der Waals surface area (Å²) < 4.78 is 43.6. The van der Waals surface area contributed by atoms with Crippen LogP contribution in [0.15, 0.2) is 78.9 Å². The van der Waals surface area contributed by atoms with Crippen LogP contribution in [0.2, 0.25) is 0 Å². The second-order valence-corrected chi connectivity index (χ2v) is 11.9. The van der Waals surface area contributed by atoms with Crippen molar-refractivity contribution in [1.29, 1.82) is 0 Å². The molecule has 3 aromatic rings. The first-order chi connectivity index (χ1) is 19.4. The van der Waals surface area contributed by atoms with Crippen molar-refractivity contribution in [3.8, 4) is 17.2 Å². The summed E-state index contributed by atoms with van der Waals surface area (Å²) in [6, 6.07) is 23.3. The van der Waals surface area contributed by atoms with E-state index in [0.717, 1.165) is 31.4 Å². The van der Waals surface area contributed by atoms with Gasteiger partial charge in [-0.1, -0.05) is 48.5 Å². The van der Waals surface area contributed by atoms with Gasteiger partial charge in [0.15, 0.2) is 11.6 Å². The zero-order valence-electron chi connectivity index (χ0n) is 22.6. The first kappa shape index (κ1) is 29.9. The molecule has 1 unspecified atom stereocenters. The van der Waals surface area contributed by atoms with Crippen molar-refractivity contribution in [2.24, 2.45) is 5.92 Å². The van der Waals surface area contributed by atoms with Gasteiger partial charge in [-0.2, -0.15) is 4.89 Å². The molecule has 214 valence electrons. The quantitative estimate of drug-likeness (QED) is 0.155. The number of aliphatic hydroxyl groups is 1. The molecule has 7 nitrogen and oxygen atoms in total. The molecule has 0 heterocycles. The van der Waals surface area contributed by atoms with Crippen molar-refractivity contribution in [3.05, 3.63) is 90.2 Å². The molecule has 1 aliphatic carbocycles. The third-order valence-corrected chi connectivity index (χ3v) is 8.77. The minimum Gasteiger partial charge on any atom is -0.491 e. The molecule has 0 bridgehead atoms. The molecule has 3 aromatic carbocycles. The van der Waals surface area contributed by atoms with Gasteiger partial charge >= 0.3 is 8.03 Å². The van der Waals surface area contributed by atoms with E-state index in [9.17, 15) is 19.0 Å². The fourth-order valence-electron chi connectivity index (χ4n) is 4.88. The van der Waals surface area contributed by atoms with Crippen LogP contribution in [-0.4, -0.2) is 47.6 Å². The normalized spacial score (nSPS) is 20.0. The highest BCUT2D eigenvalue weighted by atomic mass is 31.1. The van der Waals surface area contributed by atoms with E-state index in [4.69, 9.17) is 14.2 Å². The zero-order valence-corrected chi connectivity index (χ0v) is 23.5.